The van der Waals surface area contributed by atoms with E-state index < -0.39 is 0 Å². The number of rotatable bonds is 6. The van der Waals surface area contributed by atoms with Crippen molar-refractivity contribution in [2.45, 2.75) is 26.4 Å². The monoisotopic (exact) mass is 314 g/mol. The van der Waals surface area contributed by atoms with E-state index in [1.165, 1.54) is 16.7 Å². The number of nitrogens with one attached hydrogen (secondary N) is 2. The SMILES string of the molecule is Cc1ccc([C@@H](CNCc2cn[nH]c2C)N2CCOCC2)cc1. The molecule has 1 aromatic carbocycles. The van der Waals surface area contributed by atoms with Gasteiger partial charge < -0.3 is 10.1 Å². The first-order valence-electron chi connectivity index (χ1n) is 8.32. The number of aryl methyl sites for hydroxylation is 2. The Morgan fingerprint density at radius 1 is 1.22 bits per heavy atom. The first kappa shape index (κ1) is 16.2. The van der Waals surface area contributed by atoms with Crippen molar-refractivity contribution in [1.29, 1.82) is 0 Å². The molecular formula is C18H26N4O. The molecule has 0 saturated carbocycles. The summed E-state index contributed by atoms with van der Waals surface area (Å²) in [5.74, 6) is 0. The van der Waals surface area contributed by atoms with Crippen molar-refractivity contribution < 1.29 is 4.74 Å². The van der Waals surface area contributed by atoms with Crippen LogP contribution in [0.3, 0.4) is 0 Å². The second-order valence-electron chi connectivity index (χ2n) is 6.23. The highest BCUT2D eigenvalue weighted by Gasteiger charge is 2.22. The van der Waals surface area contributed by atoms with Crippen LogP contribution in [0.5, 0.6) is 0 Å². The Bertz CT molecular complexity index is 602. The number of aromatic nitrogens is 2. The number of nitrogens with zero attached hydrogens (tertiary/aromatic N) is 2. The highest BCUT2D eigenvalue weighted by Crippen LogP contribution is 2.22. The smallest absolute Gasteiger partial charge is 0.0594 e. The summed E-state index contributed by atoms with van der Waals surface area (Å²) in [6.07, 6.45) is 1.90. The third kappa shape index (κ3) is 4.19. The number of ether oxygens (including phenoxy) is 1. The summed E-state index contributed by atoms with van der Waals surface area (Å²) in [5, 5.41) is 10.7. The molecule has 0 radical (unpaired) electrons. The first-order chi connectivity index (χ1) is 11.2. The van der Waals surface area contributed by atoms with E-state index in [2.05, 4.69) is 58.5 Å². The first-order valence-corrected chi connectivity index (χ1v) is 8.32. The van der Waals surface area contributed by atoms with Crippen molar-refractivity contribution >= 4 is 0 Å². The summed E-state index contributed by atoms with van der Waals surface area (Å²) in [6.45, 7) is 9.59. The normalized spacial score (nSPS) is 17.3. The molecule has 5 heteroatoms. The van der Waals surface area contributed by atoms with E-state index in [0.29, 0.717) is 6.04 Å². The van der Waals surface area contributed by atoms with Crippen molar-refractivity contribution in [2.75, 3.05) is 32.8 Å². The second kappa shape index (κ2) is 7.73. The molecular weight excluding hydrogens is 288 g/mol. The summed E-state index contributed by atoms with van der Waals surface area (Å²) in [7, 11) is 0. The maximum atomic E-state index is 5.51. The number of morpholine rings is 1. The van der Waals surface area contributed by atoms with E-state index in [0.717, 1.165) is 45.1 Å². The van der Waals surface area contributed by atoms with Gasteiger partial charge >= 0.3 is 0 Å². The van der Waals surface area contributed by atoms with Gasteiger partial charge in [0.2, 0.25) is 0 Å². The lowest BCUT2D eigenvalue weighted by Gasteiger charge is -2.35. The Morgan fingerprint density at radius 2 is 1.96 bits per heavy atom. The van der Waals surface area contributed by atoms with Crippen molar-refractivity contribution in [2.24, 2.45) is 0 Å². The van der Waals surface area contributed by atoms with Crippen LogP contribution in [0.2, 0.25) is 0 Å². The minimum Gasteiger partial charge on any atom is -0.379 e. The van der Waals surface area contributed by atoms with E-state index in [1.807, 2.05) is 6.20 Å². The molecule has 2 N–H and O–H groups in total. The maximum absolute atomic E-state index is 5.51. The summed E-state index contributed by atoms with van der Waals surface area (Å²) >= 11 is 0. The average Bonchev–Trinajstić information content (AvgIpc) is 2.99. The molecule has 1 aliphatic heterocycles. The molecule has 1 saturated heterocycles. The summed E-state index contributed by atoms with van der Waals surface area (Å²) in [6, 6.07) is 9.28. The van der Waals surface area contributed by atoms with Crippen molar-refractivity contribution in [3.8, 4) is 0 Å². The molecule has 3 rings (SSSR count). The van der Waals surface area contributed by atoms with Crippen LogP contribution in [0.25, 0.3) is 0 Å². The lowest BCUT2D eigenvalue weighted by molar-refractivity contribution is 0.0161. The molecule has 1 aromatic heterocycles. The second-order valence-corrected chi connectivity index (χ2v) is 6.23. The molecule has 5 nitrogen and oxygen atoms in total. The number of H-pyrrole nitrogens is 1. The van der Waals surface area contributed by atoms with Crippen LogP contribution in [-0.4, -0.2) is 47.9 Å². The van der Waals surface area contributed by atoms with Crippen molar-refractivity contribution in [3.05, 3.63) is 52.8 Å². The lowest BCUT2D eigenvalue weighted by Crippen LogP contribution is -2.42. The van der Waals surface area contributed by atoms with E-state index in [9.17, 15) is 0 Å². The van der Waals surface area contributed by atoms with Gasteiger partial charge in [-0.25, -0.2) is 0 Å². The highest BCUT2D eigenvalue weighted by molar-refractivity contribution is 5.25. The number of hydrogen-bond acceptors (Lipinski definition) is 4. The zero-order chi connectivity index (χ0) is 16.1. The predicted molar refractivity (Wildman–Crippen MR) is 91.3 cm³/mol. The van der Waals surface area contributed by atoms with Crippen LogP contribution < -0.4 is 5.32 Å². The van der Waals surface area contributed by atoms with Crippen molar-refractivity contribution in [3.63, 3.8) is 0 Å². The standard InChI is InChI=1S/C18H26N4O/c1-14-3-5-16(6-4-14)18(22-7-9-23-10-8-22)13-19-11-17-12-20-21-15(17)2/h3-6,12,18-19H,7-11,13H2,1-2H3,(H,20,21)/t18-/m1/s1. The zero-order valence-electron chi connectivity index (χ0n) is 14.0. The van der Waals surface area contributed by atoms with Gasteiger partial charge in [-0.3, -0.25) is 10.00 Å². The van der Waals surface area contributed by atoms with Gasteiger partial charge in [0.25, 0.3) is 0 Å². The van der Waals surface area contributed by atoms with E-state index in [-0.39, 0.29) is 0 Å². The molecule has 0 aliphatic carbocycles. The molecule has 0 unspecified atom stereocenters. The topological polar surface area (TPSA) is 53.2 Å². The maximum Gasteiger partial charge on any atom is 0.0594 e. The summed E-state index contributed by atoms with van der Waals surface area (Å²) in [4.78, 5) is 2.52. The summed E-state index contributed by atoms with van der Waals surface area (Å²) in [5.41, 5.74) is 5.04. The third-order valence-electron chi connectivity index (χ3n) is 4.54. The van der Waals surface area contributed by atoms with Gasteiger partial charge in [-0.2, -0.15) is 5.10 Å². The minimum absolute atomic E-state index is 0.381. The van der Waals surface area contributed by atoms with Crippen LogP contribution in [-0.2, 0) is 11.3 Å². The Labute approximate surface area is 138 Å². The van der Waals surface area contributed by atoms with Gasteiger partial charge in [-0.15, -0.1) is 0 Å². The lowest BCUT2D eigenvalue weighted by atomic mass is 10.0. The molecule has 1 aliphatic rings. The van der Waals surface area contributed by atoms with Gasteiger partial charge in [0.15, 0.2) is 0 Å². The van der Waals surface area contributed by atoms with Gasteiger partial charge in [0, 0.05) is 43.5 Å². The molecule has 0 amide bonds. The van der Waals surface area contributed by atoms with Crippen LogP contribution in [0.4, 0.5) is 0 Å². The molecule has 124 valence electrons. The van der Waals surface area contributed by atoms with Crippen LogP contribution in [0.1, 0.15) is 28.4 Å². The van der Waals surface area contributed by atoms with E-state index in [4.69, 9.17) is 4.74 Å². The van der Waals surface area contributed by atoms with Gasteiger partial charge in [0.05, 0.1) is 19.4 Å². The molecule has 0 spiro atoms. The largest absolute Gasteiger partial charge is 0.379 e. The third-order valence-corrected chi connectivity index (χ3v) is 4.54. The molecule has 0 bridgehead atoms. The summed E-state index contributed by atoms with van der Waals surface area (Å²) < 4.78 is 5.51. The van der Waals surface area contributed by atoms with E-state index in [1.54, 1.807) is 0 Å². The quantitative estimate of drug-likeness (QED) is 0.858. The molecule has 2 aromatic rings. The molecule has 1 fully saturated rings. The zero-order valence-corrected chi connectivity index (χ0v) is 14.0. The number of aromatic amines is 1. The van der Waals surface area contributed by atoms with Gasteiger partial charge in [0.1, 0.15) is 0 Å². The fourth-order valence-electron chi connectivity index (χ4n) is 3.03. The Hall–Kier alpha value is -1.69. The van der Waals surface area contributed by atoms with E-state index >= 15 is 0 Å². The number of hydrogen-bond donors (Lipinski definition) is 2. The van der Waals surface area contributed by atoms with Crippen LogP contribution in [0, 0.1) is 13.8 Å². The fraction of sp³-hybridized carbons (Fsp3) is 0.500. The number of benzene rings is 1. The van der Waals surface area contributed by atoms with Crippen LogP contribution in [0.15, 0.2) is 30.5 Å². The molecule has 23 heavy (non-hydrogen) atoms. The predicted octanol–water partition coefficient (Wildman–Crippen LogP) is 2.19. The molecule has 2 heterocycles. The van der Waals surface area contributed by atoms with Crippen LogP contribution >= 0.6 is 0 Å². The Morgan fingerprint density at radius 3 is 2.61 bits per heavy atom. The minimum atomic E-state index is 0.381. The average molecular weight is 314 g/mol. The van der Waals surface area contributed by atoms with Gasteiger partial charge in [-0.05, 0) is 19.4 Å². The highest BCUT2D eigenvalue weighted by atomic mass is 16.5. The Kier molecular flexibility index (Phi) is 5.43. The molecule has 1 atom stereocenters. The Balaban J connectivity index is 1.67. The van der Waals surface area contributed by atoms with Crippen molar-refractivity contribution in [1.82, 2.24) is 20.4 Å². The van der Waals surface area contributed by atoms with Gasteiger partial charge in [-0.1, -0.05) is 29.8 Å². The fourth-order valence-corrected chi connectivity index (χ4v) is 3.03.